The Hall–Kier alpha value is -0.990. The highest BCUT2D eigenvalue weighted by molar-refractivity contribution is 5.42. The van der Waals surface area contributed by atoms with Crippen LogP contribution >= 0.6 is 0 Å². The molecule has 0 spiro atoms. The van der Waals surface area contributed by atoms with Crippen LogP contribution in [0.5, 0.6) is 0 Å². The molecule has 2 atom stereocenters. The molecule has 1 aliphatic carbocycles. The second-order valence-electron chi connectivity index (χ2n) is 7.02. The summed E-state index contributed by atoms with van der Waals surface area (Å²) in [5, 5.41) is 0. The molecule has 1 fully saturated rings. The molecule has 1 aromatic heterocycles. The molecule has 0 bridgehead atoms. The summed E-state index contributed by atoms with van der Waals surface area (Å²) in [5.41, 5.74) is 7.64. The summed E-state index contributed by atoms with van der Waals surface area (Å²) in [5.74, 6) is 4.43. The molecule has 1 saturated carbocycles. The van der Waals surface area contributed by atoms with E-state index in [4.69, 9.17) is 10.7 Å². The Balaban J connectivity index is 1.89. The Morgan fingerprint density at radius 3 is 2.42 bits per heavy atom. The largest absolute Gasteiger partial charge is 0.384 e. The minimum atomic E-state index is 0.516. The molecule has 2 unspecified atom stereocenters. The summed E-state index contributed by atoms with van der Waals surface area (Å²) in [6, 6.07) is 0.516. The number of fused-ring (bicyclic) bond motifs is 1. The first kappa shape index (κ1) is 13.0. The summed E-state index contributed by atoms with van der Waals surface area (Å²) in [6.45, 7) is 6.97. The highest BCUT2D eigenvalue weighted by Gasteiger charge is 2.30. The normalized spacial score (nSPS) is 35.1. The fourth-order valence-electron chi connectivity index (χ4n) is 4.07. The predicted molar refractivity (Wildman–Crippen MR) is 79.2 cm³/mol. The highest BCUT2D eigenvalue weighted by atomic mass is 15.2. The standard InChI is InChI=1S/C16H27N3/c1-10-4-6-13(7-5-10)15-16(17)19-12(3)8-11(2)9-14(19)18-15/h10-13H,4-9,17H2,1-3H3. The van der Waals surface area contributed by atoms with Gasteiger partial charge in [0.1, 0.15) is 11.6 Å². The molecule has 3 nitrogen and oxygen atoms in total. The number of rotatable bonds is 1. The van der Waals surface area contributed by atoms with Crippen LogP contribution in [0.2, 0.25) is 0 Å². The number of aromatic nitrogens is 2. The van der Waals surface area contributed by atoms with E-state index in [-0.39, 0.29) is 0 Å². The van der Waals surface area contributed by atoms with Crippen molar-refractivity contribution in [3.63, 3.8) is 0 Å². The van der Waals surface area contributed by atoms with E-state index in [1.165, 1.54) is 43.6 Å². The zero-order chi connectivity index (χ0) is 13.6. The smallest absolute Gasteiger partial charge is 0.127 e. The van der Waals surface area contributed by atoms with Gasteiger partial charge < -0.3 is 10.3 Å². The van der Waals surface area contributed by atoms with Crippen molar-refractivity contribution in [3.05, 3.63) is 11.5 Å². The van der Waals surface area contributed by atoms with E-state index in [0.29, 0.717) is 12.0 Å². The quantitative estimate of drug-likeness (QED) is 0.833. The third-order valence-electron chi connectivity index (χ3n) is 5.17. The van der Waals surface area contributed by atoms with Crippen molar-refractivity contribution < 1.29 is 0 Å². The minimum absolute atomic E-state index is 0.516. The molecule has 1 aliphatic heterocycles. The van der Waals surface area contributed by atoms with Gasteiger partial charge in [-0.05, 0) is 38.0 Å². The topological polar surface area (TPSA) is 43.8 Å². The maximum absolute atomic E-state index is 6.43. The SMILES string of the molecule is CC1CCC(c2nc3n(c2N)C(C)CC(C)C3)CC1. The van der Waals surface area contributed by atoms with Crippen molar-refractivity contribution in [2.45, 2.75) is 71.3 Å². The van der Waals surface area contributed by atoms with Crippen LogP contribution in [-0.2, 0) is 6.42 Å². The van der Waals surface area contributed by atoms with E-state index in [0.717, 1.165) is 24.1 Å². The number of hydrogen-bond donors (Lipinski definition) is 1. The first-order valence-corrected chi connectivity index (χ1v) is 7.92. The Kier molecular flexibility index (Phi) is 3.32. The van der Waals surface area contributed by atoms with Crippen LogP contribution < -0.4 is 5.73 Å². The van der Waals surface area contributed by atoms with Crippen LogP contribution in [0.3, 0.4) is 0 Å². The average molecular weight is 261 g/mol. The number of nitrogens with two attached hydrogens (primary N) is 1. The van der Waals surface area contributed by atoms with E-state index in [1.807, 2.05) is 0 Å². The van der Waals surface area contributed by atoms with Gasteiger partial charge in [0.25, 0.3) is 0 Å². The van der Waals surface area contributed by atoms with Crippen molar-refractivity contribution in [1.29, 1.82) is 0 Å². The van der Waals surface area contributed by atoms with Crippen molar-refractivity contribution in [2.24, 2.45) is 11.8 Å². The van der Waals surface area contributed by atoms with Crippen LogP contribution in [0.4, 0.5) is 5.82 Å². The molecule has 0 radical (unpaired) electrons. The van der Waals surface area contributed by atoms with E-state index in [2.05, 4.69) is 25.3 Å². The molecule has 106 valence electrons. The van der Waals surface area contributed by atoms with Gasteiger partial charge in [0, 0.05) is 18.4 Å². The van der Waals surface area contributed by atoms with Gasteiger partial charge in [-0.1, -0.05) is 26.7 Å². The van der Waals surface area contributed by atoms with Gasteiger partial charge in [0.15, 0.2) is 0 Å². The lowest BCUT2D eigenvalue weighted by molar-refractivity contribution is 0.345. The van der Waals surface area contributed by atoms with E-state index >= 15 is 0 Å². The molecule has 0 aromatic carbocycles. The molecule has 2 heterocycles. The fourth-order valence-corrected chi connectivity index (χ4v) is 4.07. The van der Waals surface area contributed by atoms with Crippen LogP contribution in [0, 0.1) is 11.8 Å². The monoisotopic (exact) mass is 261 g/mol. The Bertz CT molecular complexity index is 455. The minimum Gasteiger partial charge on any atom is -0.384 e. The van der Waals surface area contributed by atoms with Crippen LogP contribution in [0.15, 0.2) is 0 Å². The van der Waals surface area contributed by atoms with Crippen LogP contribution in [-0.4, -0.2) is 9.55 Å². The van der Waals surface area contributed by atoms with Gasteiger partial charge >= 0.3 is 0 Å². The van der Waals surface area contributed by atoms with E-state index in [1.54, 1.807) is 0 Å². The lowest BCUT2D eigenvalue weighted by Crippen LogP contribution is -2.22. The first-order valence-electron chi connectivity index (χ1n) is 7.92. The number of nitrogens with zero attached hydrogens (tertiary/aromatic N) is 2. The number of hydrogen-bond acceptors (Lipinski definition) is 2. The lowest BCUT2D eigenvalue weighted by atomic mass is 9.81. The van der Waals surface area contributed by atoms with Gasteiger partial charge in [-0.2, -0.15) is 0 Å². The van der Waals surface area contributed by atoms with Crippen molar-refractivity contribution in [1.82, 2.24) is 9.55 Å². The Labute approximate surface area is 116 Å². The summed E-state index contributed by atoms with van der Waals surface area (Å²) in [7, 11) is 0. The third kappa shape index (κ3) is 2.28. The molecule has 3 heteroatoms. The molecular formula is C16H27N3. The molecule has 0 amide bonds. The molecule has 2 N–H and O–H groups in total. The summed E-state index contributed by atoms with van der Waals surface area (Å²) < 4.78 is 2.31. The Morgan fingerprint density at radius 2 is 1.74 bits per heavy atom. The van der Waals surface area contributed by atoms with Gasteiger partial charge in [0.05, 0.1) is 5.69 Å². The van der Waals surface area contributed by atoms with Crippen molar-refractivity contribution >= 4 is 5.82 Å². The zero-order valence-electron chi connectivity index (χ0n) is 12.5. The van der Waals surface area contributed by atoms with Crippen molar-refractivity contribution in [2.75, 3.05) is 5.73 Å². The molecule has 19 heavy (non-hydrogen) atoms. The third-order valence-corrected chi connectivity index (χ3v) is 5.17. The number of anilines is 1. The molecule has 3 rings (SSSR count). The van der Waals surface area contributed by atoms with E-state index in [9.17, 15) is 0 Å². The van der Waals surface area contributed by atoms with Gasteiger partial charge in [-0.25, -0.2) is 4.98 Å². The van der Waals surface area contributed by atoms with E-state index < -0.39 is 0 Å². The first-order chi connectivity index (χ1) is 9.06. The second-order valence-corrected chi connectivity index (χ2v) is 7.02. The highest BCUT2D eigenvalue weighted by Crippen LogP contribution is 2.40. The summed E-state index contributed by atoms with van der Waals surface area (Å²) >= 11 is 0. The van der Waals surface area contributed by atoms with Gasteiger partial charge in [0.2, 0.25) is 0 Å². The molecule has 2 aliphatic rings. The second kappa shape index (κ2) is 4.84. The molecular weight excluding hydrogens is 234 g/mol. The molecule has 1 aromatic rings. The lowest BCUT2D eigenvalue weighted by Gasteiger charge is -2.27. The maximum Gasteiger partial charge on any atom is 0.127 e. The van der Waals surface area contributed by atoms with Crippen LogP contribution in [0.25, 0.3) is 0 Å². The number of imidazole rings is 1. The average Bonchev–Trinajstić information content (AvgIpc) is 2.67. The maximum atomic E-state index is 6.43. The zero-order valence-corrected chi connectivity index (χ0v) is 12.5. The predicted octanol–water partition coefficient (Wildman–Crippen LogP) is 3.90. The van der Waals surface area contributed by atoms with Crippen LogP contribution in [0.1, 0.15) is 76.4 Å². The van der Waals surface area contributed by atoms with Gasteiger partial charge in [-0.15, -0.1) is 0 Å². The Morgan fingerprint density at radius 1 is 1.05 bits per heavy atom. The van der Waals surface area contributed by atoms with Crippen molar-refractivity contribution in [3.8, 4) is 0 Å². The summed E-state index contributed by atoms with van der Waals surface area (Å²) in [6.07, 6.45) is 7.53. The summed E-state index contributed by atoms with van der Waals surface area (Å²) in [4.78, 5) is 4.94. The van der Waals surface area contributed by atoms with Gasteiger partial charge in [-0.3, -0.25) is 0 Å². The fraction of sp³-hybridized carbons (Fsp3) is 0.812. The molecule has 0 saturated heterocycles. The number of nitrogen functional groups attached to an aromatic ring is 1.